The first-order valence-corrected chi connectivity index (χ1v) is 7.15. The largest absolute Gasteiger partial charge is 0.486 e. The van der Waals surface area contributed by atoms with Crippen LogP contribution in [-0.2, 0) is 0 Å². The van der Waals surface area contributed by atoms with Gasteiger partial charge >= 0.3 is 6.18 Å². The first-order chi connectivity index (χ1) is 9.96. The summed E-state index contributed by atoms with van der Waals surface area (Å²) in [6.45, 7) is 3.63. The number of rotatable bonds is 6. The van der Waals surface area contributed by atoms with Crippen molar-refractivity contribution in [1.29, 1.82) is 0 Å². The summed E-state index contributed by atoms with van der Waals surface area (Å²) in [6, 6.07) is 5.79. The third-order valence-corrected chi connectivity index (χ3v) is 3.40. The number of benzene rings is 1. The van der Waals surface area contributed by atoms with Gasteiger partial charge in [0.25, 0.3) is 0 Å². The van der Waals surface area contributed by atoms with Crippen LogP contribution >= 0.6 is 0 Å². The SMILES string of the molecule is CC(NCCCCC(F)(F)F)c1ccc2c(c1)OCCO2. The highest BCUT2D eigenvalue weighted by Gasteiger charge is 2.25. The van der Waals surface area contributed by atoms with E-state index < -0.39 is 12.6 Å². The molecule has 0 radical (unpaired) electrons. The first kappa shape index (κ1) is 15.9. The molecule has 21 heavy (non-hydrogen) atoms. The molecule has 1 N–H and O–H groups in total. The molecule has 118 valence electrons. The Morgan fingerprint density at radius 2 is 1.86 bits per heavy atom. The van der Waals surface area contributed by atoms with E-state index >= 15 is 0 Å². The number of hydrogen-bond acceptors (Lipinski definition) is 3. The summed E-state index contributed by atoms with van der Waals surface area (Å²) in [7, 11) is 0. The number of halogens is 3. The Morgan fingerprint density at radius 3 is 2.57 bits per heavy atom. The molecule has 0 aromatic heterocycles. The van der Waals surface area contributed by atoms with Crippen LogP contribution in [0.5, 0.6) is 11.5 Å². The normalized spacial score (nSPS) is 15.8. The molecule has 0 saturated heterocycles. The fraction of sp³-hybridized carbons (Fsp3) is 0.600. The summed E-state index contributed by atoms with van der Waals surface area (Å²) < 4.78 is 47.0. The molecule has 1 aliphatic rings. The zero-order chi connectivity index (χ0) is 15.3. The van der Waals surface area contributed by atoms with Crippen molar-refractivity contribution >= 4 is 0 Å². The molecule has 0 spiro atoms. The van der Waals surface area contributed by atoms with E-state index in [-0.39, 0.29) is 12.5 Å². The van der Waals surface area contributed by atoms with Crippen molar-refractivity contribution in [3.05, 3.63) is 23.8 Å². The molecule has 1 heterocycles. The predicted molar refractivity (Wildman–Crippen MR) is 73.8 cm³/mol. The number of unbranched alkanes of at least 4 members (excludes halogenated alkanes) is 1. The van der Waals surface area contributed by atoms with Gasteiger partial charge in [-0.25, -0.2) is 0 Å². The zero-order valence-electron chi connectivity index (χ0n) is 12.0. The van der Waals surface area contributed by atoms with Gasteiger partial charge in [0.15, 0.2) is 11.5 Å². The monoisotopic (exact) mass is 303 g/mol. The molecule has 1 atom stereocenters. The second kappa shape index (κ2) is 7.02. The fourth-order valence-electron chi connectivity index (χ4n) is 2.22. The fourth-order valence-corrected chi connectivity index (χ4v) is 2.22. The Hall–Kier alpha value is -1.43. The zero-order valence-corrected chi connectivity index (χ0v) is 12.0. The van der Waals surface area contributed by atoms with E-state index in [1.54, 1.807) is 0 Å². The average Bonchev–Trinajstić information content (AvgIpc) is 2.45. The summed E-state index contributed by atoms with van der Waals surface area (Å²) in [4.78, 5) is 0. The van der Waals surface area contributed by atoms with Crippen LogP contribution in [0.15, 0.2) is 18.2 Å². The summed E-state index contributed by atoms with van der Waals surface area (Å²) in [5.74, 6) is 1.46. The minimum atomic E-state index is -4.05. The van der Waals surface area contributed by atoms with Crippen LogP contribution in [0.1, 0.15) is 37.8 Å². The van der Waals surface area contributed by atoms with Crippen LogP contribution in [0.4, 0.5) is 13.2 Å². The van der Waals surface area contributed by atoms with Gasteiger partial charge in [-0.2, -0.15) is 13.2 Å². The van der Waals surface area contributed by atoms with Gasteiger partial charge in [0.1, 0.15) is 13.2 Å². The number of alkyl halides is 3. The van der Waals surface area contributed by atoms with Gasteiger partial charge < -0.3 is 14.8 Å². The van der Waals surface area contributed by atoms with Crippen LogP contribution in [0.2, 0.25) is 0 Å². The maximum absolute atomic E-state index is 12.0. The quantitative estimate of drug-likeness (QED) is 0.810. The van der Waals surface area contributed by atoms with Crippen molar-refractivity contribution in [2.24, 2.45) is 0 Å². The van der Waals surface area contributed by atoms with E-state index in [1.807, 2.05) is 25.1 Å². The number of ether oxygens (including phenoxy) is 2. The lowest BCUT2D eigenvalue weighted by Crippen LogP contribution is -2.21. The van der Waals surface area contributed by atoms with E-state index in [1.165, 1.54) is 0 Å². The van der Waals surface area contributed by atoms with Gasteiger partial charge in [-0.05, 0) is 44.0 Å². The molecule has 1 aromatic carbocycles. The summed E-state index contributed by atoms with van der Waals surface area (Å²) in [5.41, 5.74) is 1.04. The maximum Gasteiger partial charge on any atom is 0.389 e. The summed E-state index contributed by atoms with van der Waals surface area (Å²) in [5, 5.41) is 3.23. The smallest absolute Gasteiger partial charge is 0.389 e. The molecule has 3 nitrogen and oxygen atoms in total. The van der Waals surface area contributed by atoms with E-state index in [4.69, 9.17) is 9.47 Å². The van der Waals surface area contributed by atoms with Crippen molar-refractivity contribution in [2.75, 3.05) is 19.8 Å². The van der Waals surface area contributed by atoms with Crippen molar-refractivity contribution in [3.8, 4) is 11.5 Å². The molecule has 1 aliphatic heterocycles. The van der Waals surface area contributed by atoms with Crippen LogP contribution in [0.3, 0.4) is 0 Å². The molecule has 6 heteroatoms. The average molecular weight is 303 g/mol. The van der Waals surface area contributed by atoms with Crippen LogP contribution in [0, 0.1) is 0 Å². The van der Waals surface area contributed by atoms with E-state index in [0.29, 0.717) is 26.2 Å². The second-order valence-electron chi connectivity index (χ2n) is 5.15. The van der Waals surface area contributed by atoms with E-state index in [9.17, 15) is 13.2 Å². The van der Waals surface area contributed by atoms with Gasteiger partial charge in [0, 0.05) is 12.5 Å². The third-order valence-electron chi connectivity index (χ3n) is 3.40. The highest BCUT2D eigenvalue weighted by atomic mass is 19.4. The lowest BCUT2D eigenvalue weighted by atomic mass is 10.1. The Labute approximate surface area is 122 Å². The Kier molecular flexibility index (Phi) is 5.33. The number of hydrogen-bond donors (Lipinski definition) is 1. The second-order valence-corrected chi connectivity index (χ2v) is 5.15. The first-order valence-electron chi connectivity index (χ1n) is 7.15. The molecular formula is C15H20F3NO2. The van der Waals surface area contributed by atoms with Crippen LogP contribution in [-0.4, -0.2) is 25.9 Å². The highest BCUT2D eigenvalue weighted by Crippen LogP contribution is 2.32. The third kappa shape index (κ3) is 5.12. The molecule has 0 bridgehead atoms. The maximum atomic E-state index is 12.0. The number of fused-ring (bicyclic) bond motifs is 1. The molecule has 2 rings (SSSR count). The Balaban J connectivity index is 1.77. The van der Waals surface area contributed by atoms with Crippen LogP contribution in [0.25, 0.3) is 0 Å². The lowest BCUT2D eigenvalue weighted by molar-refractivity contribution is -0.135. The summed E-state index contributed by atoms with van der Waals surface area (Å²) >= 11 is 0. The van der Waals surface area contributed by atoms with Crippen molar-refractivity contribution in [3.63, 3.8) is 0 Å². The molecule has 1 aromatic rings. The van der Waals surface area contributed by atoms with Gasteiger partial charge in [0.2, 0.25) is 0 Å². The minimum Gasteiger partial charge on any atom is -0.486 e. The van der Waals surface area contributed by atoms with Gasteiger partial charge in [0.05, 0.1) is 0 Å². The molecule has 0 fully saturated rings. The topological polar surface area (TPSA) is 30.5 Å². The molecule has 1 unspecified atom stereocenters. The van der Waals surface area contributed by atoms with Gasteiger partial charge in [-0.15, -0.1) is 0 Å². The Bertz CT molecular complexity index is 463. The number of nitrogens with one attached hydrogen (secondary N) is 1. The predicted octanol–water partition coefficient (Wildman–Crippen LogP) is 3.84. The minimum absolute atomic E-state index is 0.0618. The van der Waals surface area contributed by atoms with Gasteiger partial charge in [-0.3, -0.25) is 0 Å². The van der Waals surface area contributed by atoms with Crippen molar-refractivity contribution < 1.29 is 22.6 Å². The standard InChI is InChI=1S/C15H20F3NO2/c1-11(19-7-3-2-6-15(16,17)18)12-4-5-13-14(10-12)21-9-8-20-13/h4-5,10-11,19H,2-3,6-9H2,1H3. The van der Waals surface area contributed by atoms with E-state index in [2.05, 4.69) is 5.32 Å². The molecule has 0 aliphatic carbocycles. The molecule has 0 amide bonds. The van der Waals surface area contributed by atoms with E-state index in [0.717, 1.165) is 17.1 Å². The highest BCUT2D eigenvalue weighted by molar-refractivity contribution is 5.44. The summed E-state index contributed by atoms with van der Waals surface area (Å²) in [6.07, 6.45) is -4.10. The lowest BCUT2D eigenvalue weighted by Gasteiger charge is -2.21. The van der Waals surface area contributed by atoms with Crippen LogP contribution < -0.4 is 14.8 Å². The molecule has 0 saturated carbocycles. The Morgan fingerprint density at radius 1 is 1.14 bits per heavy atom. The van der Waals surface area contributed by atoms with Gasteiger partial charge in [-0.1, -0.05) is 6.07 Å². The molecular weight excluding hydrogens is 283 g/mol. The van der Waals surface area contributed by atoms with Crippen molar-refractivity contribution in [1.82, 2.24) is 5.32 Å². The van der Waals surface area contributed by atoms with Crippen molar-refractivity contribution in [2.45, 2.75) is 38.4 Å².